The average molecular weight is 2060 g/mol. The number of carbonyl (C=O) groups excluding carboxylic acids is 17. The van der Waals surface area contributed by atoms with Crippen LogP contribution in [0.15, 0.2) is 86.0 Å². The van der Waals surface area contributed by atoms with Crippen LogP contribution < -0.4 is 96.1 Å². The number of nitrogens with two attached hydrogens (primary N) is 1. The highest BCUT2D eigenvalue weighted by Gasteiger charge is 2.43. The molecule has 6 rings (SSSR count). The molecule has 0 radical (unpaired) electrons. The van der Waals surface area contributed by atoms with Crippen molar-refractivity contribution in [3.05, 3.63) is 108 Å². The number of amides is 17. The van der Waals surface area contributed by atoms with Gasteiger partial charge in [0.2, 0.25) is 100 Å². The molecule has 2 aromatic carbocycles. The van der Waals surface area contributed by atoms with E-state index in [4.69, 9.17) is 5.73 Å². The number of fused-ring (bicyclic) bond motifs is 2. The topological polar surface area (TPSA) is 796 Å². The van der Waals surface area contributed by atoms with E-state index in [-0.39, 0.29) is 44.2 Å². The smallest absolute Gasteiger partial charge is 0.326 e. The average Bonchev–Trinajstić information content (AvgIpc) is 1.69. The lowest BCUT2D eigenvalue weighted by atomic mass is 9.96. The number of carboxylic acid groups (broad SMARTS) is 5. The van der Waals surface area contributed by atoms with Gasteiger partial charge in [-0.2, -0.15) is 0 Å². The zero-order valence-electron chi connectivity index (χ0n) is 84.6. The number of benzene rings is 2. The van der Waals surface area contributed by atoms with E-state index >= 15 is 0 Å². The van der Waals surface area contributed by atoms with Crippen LogP contribution in [-0.2, 0) is 131 Å². The second-order valence-electron chi connectivity index (χ2n) is 38.1. The van der Waals surface area contributed by atoms with Crippen LogP contribution in [0.25, 0.3) is 21.8 Å². The molecule has 0 aliphatic heterocycles. The van der Waals surface area contributed by atoms with Crippen molar-refractivity contribution in [2.75, 3.05) is 13.1 Å². The van der Waals surface area contributed by atoms with Crippen LogP contribution in [0.2, 0.25) is 0 Å². The minimum absolute atomic E-state index is 0.125. The molecular weight excluding hydrogens is 1920 g/mol. The van der Waals surface area contributed by atoms with E-state index in [0.717, 1.165) is 0 Å². The normalized spacial score (nSPS) is 15.1. The summed E-state index contributed by atoms with van der Waals surface area (Å²) in [5.41, 5.74) is 8.58. The molecule has 0 spiro atoms. The summed E-state index contributed by atoms with van der Waals surface area (Å²) in [4.78, 5) is 324. The number of aromatic amines is 4. The van der Waals surface area contributed by atoms with E-state index < -0.39 is 313 Å². The molecule has 28 N–H and O–H groups in total. The number of para-hydroxylation sites is 2. The van der Waals surface area contributed by atoms with Gasteiger partial charge >= 0.3 is 29.8 Å². The highest BCUT2D eigenvalue weighted by Crippen LogP contribution is 2.24. The van der Waals surface area contributed by atoms with Crippen LogP contribution in [0, 0.1) is 47.3 Å². The Hall–Kier alpha value is -15.8. The summed E-state index contributed by atoms with van der Waals surface area (Å²) in [5, 5.41) is 92.5. The van der Waals surface area contributed by atoms with Crippen molar-refractivity contribution in [2.45, 2.75) is 272 Å². The molecular formula is C96H138N24O27. The summed E-state index contributed by atoms with van der Waals surface area (Å²) in [6.07, 6.45) is 3.03. The number of hydrogen-bond acceptors (Lipinski definition) is 25. The van der Waals surface area contributed by atoms with E-state index in [1.807, 2.05) is 0 Å². The van der Waals surface area contributed by atoms with Crippen molar-refractivity contribution in [3.8, 4) is 0 Å². The van der Waals surface area contributed by atoms with Gasteiger partial charge in [-0.3, -0.25) is 101 Å². The Morgan fingerprint density at radius 3 is 0.857 bits per heavy atom. The molecule has 0 aliphatic rings. The highest BCUT2D eigenvalue weighted by molar-refractivity contribution is 6.03. The molecule has 18 atom stereocenters. The second-order valence-corrected chi connectivity index (χ2v) is 38.1. The number of rotatable bonds is 61. The van der Waals surface area contributed by atoms with Crippen LogP contribution >= 0.6 is 0 Å². The molecule has 6 aromatic rings. The van der Waals surface area contributed by atoms with E-state index in [1.54, 1.807) is 83.1 Å². The lowest BCUT2D eigenvalue weighted by Crippen LogP contribution is -2.62. The van der Waals surface area contributed by atoms with Crippen molar-refractivity contribution >= 4 is 152 Å². The number of aliphatic carboxylic acids is 5. The number of imidazole rings is 2. The number of nitrogens with zero attached hydrogens (tertiary/aromatic N) is 2. The van der Waals surface area contributed by atoms with Crippen LogP contribution in [-0.4, -0.2) is 295 Å². The van der Waals surface area contributed by atoms with Gasteiger partial charge < -0.3 is 142 Å². The Morgan fingerprint density at radius 1 is 0.293 bits per heavy atom. The van der Waals surface area contributed by atoms with E-state index in [1.165, 1.54) is 114 Å². The molecule has 804 valence electrons. The fraction of sp³-hybridized carbons (Fsp3) is 0.542. The first-order chi connectivity index (χ1) is 69.1. The van der Waals surface area contributed by atoms with Gasteiger partial charge in [0.25, 0.3) is 0 Å². The van der Waals surface area contributed by atoms with Crippen LogP contribution in [0.5, 0.6) is 0 Å². The lowest BCUT2D eigenvalue weighted by molar-refractivity contribution is -0.143. The molecule has 0 saturated carbocycles. The Kier molecular flexibility index (Phi) is 46.6. The molecule has 51 heteroatoms. The molecule has 0 saturated heterocycles. The number of nitrogens with one attached hydrogen (secondary N) is 21. The molecule has 4 heterocycles. The van der Waals surface area contributed by atoms with Gasteiger partial charge in [0.1, 0.15) is 90.6 Å². The third kappa shape index (κ3) is 37.1. The maximum absolute atomic E-state index is 14.9. The molecule has 4 aromatic heterocycles. The van der Waals surface area contributed by atoms with E-state index in [2.05, 4.69) is 120 Å². The first-order valence-corrected chi connectivity index (χ1v) is 48.1. The largest absolute Gasteiger partial charge is 0.481 e. The Morgan fingerprint density at radius 2 is 0.551 bits per heavy atom. The van der Waals surface area contributed by atoms with Gasteiger partial charge in [0.05, 0.1) is 57.5 Å². The standard InChI is InChI=1S/C96H138N24O27/c1-17-49(15)79(119-87(137)65(33-71(127)128)108-89(139)73(97)43(3)4)94(144)111-61(29-53-37-98-41-104-53)85(135)116-75(45(7)8)90(140)109-59(27-51-35-100-57-25-21-19-23-55(51)57)83(133)106-63(31-69(123)124)81(131)102-39-67(121)114-74(44(5)6)93(143)118-77(47(11)12)92(142)113-66(34-72(129)130)88(138)120-80(50(16)18-2)95(145)112-62(30-54-38-99-42-105-54)86(136)117-76(46(9)10)91(141)110-60(28-52-36-101-58-26-22-20-24-56(52)58)84(134)107-64(32-70(125)126)82(132)103-40-68(122)115-78(48(13)14)96(146)147/h19-26,35-38,41-50,59-66,73-80,100-101H,17-18,27-34,39-40,97H2,1-16H3,(H,98,104)(H,99,105)(H,102,131)(H,103,132)(H,106,133)(H,107,134)(H,108,139)(H,109,140)(H,110,141)(H,111,144)(H,112,145)(H,113,142)(H,114,121)(H,115,122)(H,116,135)(H,117,136)(H,118,143)(H,119,137)(H,120,138)(H,123,124)(H,125,126)(H,127,128)(H,129,130)(H,146,147)/t49-,50-,59-,60-,61-,62-,63-,64-,65-,66-,73-,74-,75-,76-,77-,78-,79-,80-/m0/s1. The first-order valence-electron chi connectivity index (χ1n) is 48.1. The van der Waals surface area contributed by atoms with E-state index in [9.17, 15) is 131 Å². The van der Waals surface area contributed by atoms with Gasteiger partial charge in [0, 0.05) is 83.7 Å². The number of H-pyrrole nitrogens is 4. The predicted molar refractivity (Wildman–Crippen MR) is 526 cm³/mol. The molecule has 0 unspecified atom stereocenters. The van der Waals surface area contributed by atoms with Crippen LogP contribution in [0.3, 0.4) is 0 Å². The predicted octanol–water partition coefficient (Wildman–Crippen LogP) is -2.79. The van der Waals surface area contributed by atoms with Crippen LogP contribution in [0.4, 0.5) is 0 Å². The van der Waals surface area contributed by atoms with Gasteiger partial charge in [-0.25, -0.2) is 14.8 Å². The molecule has 17 amide bonds. The summed E-state index contributed by atoms with van der Waals surface area (Å²) in [6.45, 7) is 22.9. The lowest BCUT2D eigenvalue weighted by Gasteiger charge is -2.30. The van der Waals surface area contributed by atoms with Crippen LogP contribution in [0.1, 0.15) is 172 Å². The number of carboxylic acids is 5. The van der Waals surface area contributed by atoms with Crippen molar-refractivity contribution in [1.29, 1.82) is 0 Å². The zero-order chi connectivity index (χ0) is 110. The Balaban J connectivity index is 1.17. The molecule has 0 fully saturated rings. The number of hydrogen-bond donors (Lipinski definition) is 27. The van der Waals surface area contributed by atoms with Gasteiger partial charge in [-0.05, 0) is 70.6 Å². The highest BCUT2D eigenvalue weighted by atomic mass is 16.4. The maximum Gasteiger partial charge on any atom is 0.326 e. The Bertz CT molecular complexity index is 5640. The quantitative estimate of drug-likeness (QED) is 0.0183. The van der Waals surface area contributed by atoms with Crippen molar-refractivity contribution < 1.29 is 131 Å². The fourth-order valence-corrected chi connectivity index (χ4v) is 15.4. The molecule has 147 heavy (non-hydrogen) atoms. The number of carbonyl (C=O) groups is 22. The summed E-state index contributed by atoms with van der Waals surface area (Å²) < 4.78 is 0. The Labute approximate surface area is 845 Å². The van der Waals surface area contributed by atoms with Gasteiger partial charge in [0.15, 0.2) is 0 Å². The first kappa shape index (κ1) is 120. The van der Waals surface area contributed by atoms with Crippen molar-refractivity contribution in [1.82, 2.24) is 120 Å². The van der Waals surface area contributed by atoms with Gasteiger partial charge in [-0.15, -0.1) is 0 Å². The third-order valence-corrected chi connectivity index (χ3v) is 24.4. The zero-order valence-corrected chi connectivity index (χ0v) is 84.6. The monoisotopic (exact) mass is 2060 g/mol. The summed E-state index contributed by atoms with van der Waals surface area (Å²) in [6, 6.07) is -12.6. The summed E-state index contributed by atoms with van der Waals surface area (Å²) in [7, 11) is 0. The SMILES string of the molecule is CC[C@H](C)[C@H](NC(=O)[C@H](CC(=O)O)NC(=O)[C@@H](N)C(C)C)C(=O)N[C@@H](Cc1cnc[nH]1)C(=O)N[C@H](C(=O)N[C@@H](Cc1c[nH]c2ccccc12)C(=O)N[C@@H](CC(=O)O)C(=O)NCC(=O)N[C@H](C(=O)N[C@H](C(=O)N[C@@H](CC(=O)O)C(=O)N[C@H](C(=O)N[C@@H](Cc1cnc[nH]1)C(=O)N[C@H](C(=O)N[C@@H](Cc1c[nH]c2ccccc12)C(=O)N[C@@H](CC(=O)O)C(=O)NCC(=O)N[C@H](C(=O)O)C(C)C)C(C)C)[C@@H](C)CC)C(C)C)C(C)C)C(C)C. The number of aromatic nitrogens is 6. The summed E-state index contributed by atoms with van der Waals surface area (Å²) in [5.74, 6) is -31.8. The van der Waals surface area contributed by atoms with Crippen molar-refractivity contribution in [3.63, 3.8) is 0 Å². The second kappa shape index (κ2) is 57.1. The molecule has 51 nitrogen and oxygen atoms in total. The van der Waals surface area contributed by atoms with Gasteiger partial charge in [-0.1, -0.05) is 160 Å². The fourth-order valence-electron chi connectivity index (χ4n) is 15.4. The summed E-state index contributed by atoms with van der Waals surface area (Å²) >= 11 is 0. The minimum atomic E-state index is -2.02. The maximum atomic E-state index is 14.9. The molecule has 0 bridgehead atoms. The molecule has 0 aliphatic carbocycles. The van der Waals surface area contributed by atoms with Crippen molar-refractivity contribution in [2.24, 2.45) is 53.1 Å². The van der Waals surface area contributed by atoms with E-state index in [0.29, 0.717) is 38.6 Å². The minimum Gasteiger partial charge on any atom is -0.481 e. The third-order valence-electron chi connectivity index (χ3n) is 24.4.